The fourth-order valence-corrected chi connectivity index (χ4v) is 2.49. The first kappa shape index (κ1) is 14.7. The normalized spacial score (nSPS) is 14.9. The molecule has 98 valence electrons. The largest absolute Gasteiger partial charge is 0.377 e. The zero-order valence-electron chi connectivity index (χ0n) is 11.2. The molecule has 0 amide bonds. The predicted octanol–water partition coefficient (Wildman–Crippen LogP) is 2.05. The van der Waals surface area contributed by atoms with Crippen LogP contribution in [0.1, 0.15) is 25.2 Å². The van der Waals surface area contributed by atoms with Crippen LogP contribution in [0.5, 0.6) is 0 Å². The Balaban J connectivity index is 2.80. The average Bonchev–Trinajstić information content (AvgIpc) is 2.51. The van der Waals surface area contributed by atoms with Crippen LogP contribution in [0.3, 0.4) is 0 Å². The summed E-state index contributed by atoms with van der Waals surface area (Å²) >= 11 is 3.59. The van der Waals surface area contributed by atoms with Crippen LogP contribution in [0.15, 0.2) is 4.47 Å². The standard InChI is InChI=1S/C12H22BrN3O/c1-6-17-9(3)10(14-4)7-11-12(13)8(2)15-16(11)5/h9-10,14H,6-7H2,1-5H3. The van der Waals surface area contributed by atoms with E-state index in [2.05, 4.69) is 33.3 Å². The first-order valence-corrected chi connectivity index (χ1v) is 6.77. The van der Waals surface area contributed by atoms with E-state index in [-0.39, 0.29) is 6.10 Å². The fraction of sp³-hybridized carbons (Fsp3) is 0.750. The highest BCUT2D eigenvalue weighted by Gasteiger charge is 2.20. The molecule has 0 saturated heterocycles. The Morgan fingerprint density at radius 2 is 2.18 bits per heavy atom. The van der Waals surface area contributed by atoms with Crippen molar-refractivity contribution in [3.8, 4) is 0 Å². The summed E-state index contributed by atoms with van der Waals surface area (Å²) in [5, 5.41) is 7.72. The van der Waals surface area contributed by atoms with Crippen LogP contribution in [0.2, 0.25) is 0 Å². The van der Waals surface area contributed by atoms with Crippen molar-refractivity contribution in [2.45, 2.75) is 39.3 Å². The molecule has 0 aliphatic heterocycles. The van der Waals surface area contributed by atoms with Gasteiger partial charge in [-0.1, -0.05) is 0 Å². The van der Waals surface area contributed by atoms with Crippen LogP contribution >= 0.6 is 15.9 Å². The molecule has 0 spiro atoms. The molecule has 0 bridgehead atoms. The number of nitrogens with zero attached hydrogens (tertiary/aromatic N) is 2. The SMILES string of the molecule is CCOC(C)C(Cc1c(Br)c(C)nn1C)NC. The number of halogens is 1. The maximum absolute atomic E-state index is 5.65. The molecule has 1 heterocycles. The molecule has 0 radical (unpaired) electrons. The zero-order valence-corrected chi connectivity index (χ0v) is 12.8. The van der Waals surface area contributed by atoms with Gasteiger partial charge >= 0.3 is 0 Å². The van der Waals surface area contributed by atoms with Crippen LogP contribution in [0.4, 0.5) is 0 Å². The summed E-state index contributed by atoms with van der Waals surface area (Å²) in [6.45, 7) is 6.87. The van der Waals surface area contributed by atoms with Crippen LogP contribution in [0.25, 0.3) is 0 Å². The molecule has 1 N–H and O–H groups in total. The number of likely N-dealkylation sites (N-methyl/N-ethyl adjacent to an activating group) is 1. The van der Waals surface area contributed by atoms with Crippen LogP contribution in [-0.2, 0) is 18.2 Å². The van der Waals surface area contributed by atoms with E-state index in [1.807, 2.05) is 32.6 Å². The highest BCUT2D eigenvalue weighted by atomic mass is 79.9. The van der Waals surface area contributed by atoms with Gasteiger partial charge in [0.15, 0.2) is 0 Å². The number of hydrogen-bond donors (Lipinski definition) is 1. The minimum atomic E-state index is 0.187. The number of nitrogens with one attached hydrogen (secondary N) is 1. The molecule has 2 unspecified atom stereocenters. The summed E-state index contributed by atoms with van der Waals surface area (Å²) < 4.78 is 8.68. The molecule has 2 atom stereocenters. The lowest BCUT2D eigenvalue weighted by molar-refractivity contribution is 0.0492. The van der Waals surface area contributed by atoms with E-state index < -0.39 is 0 Å². The van der Waals surface area contributed by atoms with Gasteiger partial charge in [0.2, 0.25) is 0 Å². The second kappa shape index (κ2) is 6.52. The highest BCUT2D eigenvalue weighted by molar-refractivity contribution is 9.10. The second-order valence-electron chi connectivity index (χ2n) is 4.23. The van der Waals surface area contributed by atoms with Gasteiger partial charge in [-0.15, -0.1) is 0 Å². The number of aryl methyl sites for hydroxylation is 2. The number of hydrogen-bond acceptors (Lipinski definition) is 3. The van der Waals surface area contributed by atoms with Gasteiger partial charge in [-0.05, 0) is 43.7 Å². The Hall–Kier alpha value is -0.390. The van der Waals surface area contributed by atoms with Crippen LogP contribution in [0, 0.1) is 6.92 Å². The molecule has 0 aliphatic carbocycles. The van der Waals surface area contributed by atoms with Gasteiger partial charge in [-0.25, -0.2) is 0 Å². The molecule has 5 heteroatoms. The van der Waals surface area contributed by atoms with Crippen molar-refractivity contribution >= 4 is 15.9 Å². The highest BCUT2D eigenvalue weighted by Crippen LogP contribution is 2.22. The molecule has 0 saturated carbocycles. The van der Waals surface area contributed by atoms with Gasteiger partial charge < -0.3 is 10.1 Å². The van der Waals surface area contributed by atoms with Crippen molar-refractivity contribution in [3.63, 3.8) is 0 Å². The zero-order chi connectivity index (χ0) is 13.0. The monoisotopic (exact) mass is 303 g/mol. The van der Waals surface area contributed by atoms with E-state index in [1.165, 1.54) is 5.69 Å². The molecule has 0 aromatic carbocycles. The minimum absolute atomic E-state index is 0.187. The summed E-state index contributed by atoms with van der Waals surface area (Å²) in [5.74, 6) is 0. The lowest BCUT2D eigenvalue weighted by Crippen LogP contribution is -2.39. The van der Waals surface area contributed by atoms with Crippen LogP contribution in [-0.4, -0.2) is 35.6 Å². The van der Waals surface area contributed by atoms with Crippen molar-refractivity contribution in [2.75, 3.05) is 13.7 Å². The molecule has 17 heavy (non-hydrogen) atoms. The smallest absolute Gasteiger partial charge is 0.0738 e. The van der Waals surface area contributed by atoms with Crippen LogP contribution < -0.4 is 5.32 Å². The molecular weight excluding hydrogens is 282 g/mol. The maximum Gasteiger partial charge on any atom is 0.0738 e. The predicted molar refractivity (Wildman–Crippen MR) is 73.3 cm³/mol. The van der Waals surface area contributed by atoms with E-state index in [9.17, 15) is 0 Å². The van der Waals surface area contributed by atoms with Gasteiger partial charge in [-0.2, -0.15) is 5.10 Å². The third kappa shape index (κ3) is 3.53. The van der Waals surface area contributed by atoms with E-state index in [0.29, 0.717) is 6.04 Å². The van der Waals surface area contributed by atoms with Crippen molar-refractivity contribution in [1.82, 2.24) is 15.1 Å². The van der Waals surface area contributed by atoms with Gasteiger partial charge in [-0.3, -0.25) is 4.68 Å². The summed E-state index contributed by atoms with van der Waals surface area (Å²) in [7, 11) is 3.95. The van der Waals surface area contributed by atoms with E-state index in [1.54, 1.807) is 0 Å². The van der Waals surface area contributed by atoms with Gasteiger partial charge in [0.25, 0.3) is 0 Å². The lowest BCUT2D eigenvalue weighted by Gasteiger charge is -2.23. The van der Waals surface area contributed by atoms with E-state index >= 15 is 0 Å². The van der Waals surface area contributed by atoms with Crippen molar-refractivity contribution in [2.24, 2.45) is 7.05 Å². The number of aromatic nitrogens is 2. The summed E-state index contributed by atoms with van der Waals surface area (Å²) in [6, 6.07) is 0.293. The molecule has 1 aromatic rings. The summed E-state index contributed by atoms with van der Waals surface area (Å²) in [5.41, 5.74) is 2.23. The summed E-state index contributed by atoms with van der Waals surface area (Å²) in [4.78, 5) is 0. The van der Waals surface area contributed by atoms with Gasteiger partial charge in [0, 0.05) is 26.1 Å². The van der Waals surface area contributed by atoms with Crippen molar-refractivity contribution in [1.29, 1.82) is 0 Å². The summed E-state index contributed by atoms with van der Waals surface area (Å²) in [6.07, 6.45) is 1.09. The Kier molecular flexibility index (Phi) is 5.62. The van der Waals surface area contributed by atoms with Crippen molar-refractivity contribution in [3.05, 3.63) is 15.9 Å². The maximum atomic E-state index is 5.65. The minimum Gasteiger partial charge on any atom is -0.377 e. The average molecular weight is 304 g/mol. The number of ether oxygens (including phenoxy) is 1. The number of rotatable bonds is 6. The first-order valence-electron chi connectivity index (χ1n) is 5.98. The van der Waals surface area contributed by atoms with E-state index in [4.69, 9.17) is 4.74 Å². The first-order chi connectivity index (χ1) is 8.01. The molecule has 1 aromatic heterocycles. The Morgan fingerprint density at radius 3 is 2.59 bits per heavy atom. The Morgan fingerprint density at radius 1 is 1.53 bits per heavy atom. The quantitative estimate of drug-likeness (QED) is 0.874. The Labute approximate surface area is 112 Å². The third-order valence-corrected chi connectivity index (χ3v) is 4.07. The fourth-order valence-electron chi connectivity index (χ4n) is 1.99. The van der Waals surface area contributed by atoms with E-state index in [0.717, 1.165) is 23.2 Å². The molecule has 1 rings (SSSR count). The topological polar surface area (TPSA) is 39.1 Å². The Bertz CT molecular complexity index is 365. The lowest BCUT2D eigenvalue weighted by atomic mass is 10.1. The molecular formula is C12H22BrN3O. The molecule has 4 nitrogen and oxygen atoms in total. The molecule has 0 aliphatic rings. The van der Waals surface area contributed by atoms with Gasteiger partial charge in [0.05, 0.1) is 22.0 Å². The third-order valence-electron chi connectivity index (χ3n) is 3.04. The second-order valence-corrected chi connectivity index (χ2v) is 5.02. The molecule has 0 fully saturated rings. The van der Waals surface area contributed by atoms with Crippen molar-refractivity contribution < 1.29 is 4.74 Å². The van der Waals surface area contributed by atoms with Gasteiger partial charge in [0.1, 0.15) is 0 Å².